The number of aromatic nitrogens is 1. The number of benzene rings is 2. The zero-order valence-corrected chi connectivity index (χ0v) is 12.6. The predicted octanol–water partition coefficient (Wildman–Crippen LogP) is 4.49. The average molecular weight is 333 g/mol. The van der Waals surface area contributed by atoms with Crippen molar-refractivity contribution >= 4 is 21.7 Å². The lowest BCUT2D eigenvalue weighted by molar-refractivity contribution is -0.137. The molecule has 1 aliphatic rings. The molecule has 1 atom stereocenters. The van der Waals surface area contributed by atoms with E-state index in [0.717, 1.165) is 22.9 Å². The van der Waals surface area contributed by atoms with Crippen LogP contribution in [0.25, 0.3) is 21.7 Å². The topological polar surface area (TPSA) is 31.4 Å². The molecule has 3 aromatic rings. The van der Waals surface area contributed by atoms with Crippen LogP contribution in [0, 0.1) is 0 Å². The molecule has 0 spiro atoms. The van der Waals surface area contributed by atoms with E-state index in [1.54, 1.807) is 0 Å². The van der Waals surface area contributed by atoms with Crippen molar-refractivity contribution in [2.24, 2.45) is 0 Å². The van der Waals surface area contributed by atoms with Gasteiger partial charge < -0.3 is 9.47 Å². The van der Waals surface area contributed by atoms with Crippen LogP contribution in [0.15, 0.2) is 42.5 Å². The van der Waals surface area contributed by atoms with Gasteiger partial charge in [-0.15, -0.1) is 0 Å². The van der Waals surface area contributed by atoms with Crippen molar-refractivity contribution in [3.63, 3.8) is 0 Å². The highest BCUT2D eigenvalue weighted by Crippen LogP contribution is 2.36. The first-order chi connectivity index (χ1) is 11.5. The molecule has 0 radical (unpaired) electrons. The van der Waals surface area contributed by atoms with Crippen molar-refractivity contribution in [1.29, 1.82) is 0 Å². The highest BCUT2D eigenvalue weighted by atomic mass is 19.4. The van der Waals surface area contributed by atoms with E-state index >= 15 is 0 Å². The molecule has 0 N–H and O–H groups in total. The molecule has 0 saturated carbocycles. The van der Waals surface area contributed by atoms with Crippen molar-refractivity contribution < 1.29 is 22.6 Å². The normalized spacial score (nSPS) is 19.0. The van der Waals surface area contributed by atoms with Gasteiger partial charge in [-0.25, -0.2) is 4.98 Å². The third-order valence-electron chi connectivity index (χ3n) is 4.18. The Morgan fingerprint density at radius 2 is 1.75 bits per heavy atom. The lowest BCUT2D eigenvalue weighted by Crippen LogP contribution is -2.23. The maximum absolute atomic E-state index is 13.0. The molecular weight excluding hydrogens is 319 g/mol. The summed E-state index contributed by atoms with van der Waals surface area (Å²) in [4.78, 5) is 4.58. The Morgan fingerprint density at radius 1 is 0.958 bits per heavy atom. The van der Waals surface area contributed by atoms with Crippen LogP contribution in [0.3, 0.4) is 0 Å². The van der Waals surface area contributed by atoms with Gasteiger partial charge in [0.2, 0.25) is 0 Å². The first kappa shape index (κ1) is 15.4. The van der Waals surface area contributed by atoms with Gasteiger partial charge in [-0.1, -0.05) is 24.3 Å². The van der Waals surface area contributed by atoms with E-state index in [-0.39, 0.29) is 6.10 Å². The Balaban J connectivity index is 1.98. The van der Waals surface area contributed by atoms with Gasteiger partial charge in [0.15, 0.2) is 0 Å². The molecule has 0 bridgehead atoms. The van der Waals surface area contributed by atoms with Crippen LogP contribution in [0.2, 0.25) is 0 Å². The molecule has 2 heterocycles. The number of halogens is 3. The zero-order valence-electron chi connectivity index (χ0n) is 12.6. The minimum atomic E-state index is -4.38. The first-order valence-electron chi connectivity index (χ1n) is 7.63. The fraction of sp³-hybridized carbons (Fsp3) is 0.278. The van der Waals surface area contributed by atoms with Gasteiger partial charge in [-0.3, -0.25) is 0 Å². The van der Waals surface area contributed by atoms with E-state index in [4.69, 9.17) is 9.47 Å². The third kappa shape index (κ3) is 2.61. The van der Waals surface area contributed by atoms with Crippen molar-refractivity contribution in [2.75, 3.05) is 19.8 Å². The van der Waals surface area contributed by atoms with E-state index in [1.807, 2.05) is 24.3 Å². The van der Waals surface area contributed by atoms with Gasteiger partial charge in [0, 0.05) is 10.8 Å². The van der Waals surface area contributed by atoms with Crippen LogP contribution in [-0.2, 0) is 15.7 Å². The van der Waals surface area contributed by atoms with Crippen molar-refractivity contribution in [2.45, 2.75) is 12.3 Å². The second-order valence-electron chi connectivity index (χ2n) is 5.71. The van der Waals surface area contributed by atoms with Crippen LogP contribution in [0.1, 0.15) is 17.4 Å². The van der Waals surface area contributed by atoms with Crippen LogP contribution < -0.4 is 0 Å². The van der Waals surface area contributed by atoms with Gasteiger partial charge in [0.25, 0.3) is 0 Å². The van der Waals surface area contributed by atoms with Gasteiger partial charge in [0.05, 0.1) is 36.6 Å². The van der Waals surface area contributed by atoms with E-state index in [2.05, 4.69) is 4.98 Å². The number of nitrogens with zero attached hydrogens (tertiary/aromatic N) is 1. The number of fused-ring (bicyclic) bond motifs is 3. The Hall–Kier alpha value is -2.18. The molecule has 24 heavy (non-hydrogen) atoms. The average Bonchev–Trinajstić information content (AvgIpc) is 2.60. The number of hydrogen-bond donors (Lipinski definition) is 0. The molecular formula is C18H14F3NO2. The van der Waals surface area contributed by atoms with Gasteiger partial charge >= 0.3 is 6.18 Å². The summed E-state index contributed by atoms with van der Waals surface area (Å²) in [6, 6.07) is 11.0. The molecule has 0 amide bonds. The van der Waals surface area contributed by atoms with Gasteiger partial charge in [-0.2, -0.15) is 13.2 Å². The molecule has 1 fully saturated rings. The predicted molar refractivity (Wildman–Crippen MR) is 83.8 cm³/mol. The van der Waals surface area contributed by atoms with Gasteiger partial charge in [0.1, 0.15) is 6.10 Å². The Kier molecular flexibility index (Phi) is 3.66. The molecule has 124 valence electrons. The number of ether oxygens (including phenoxy) is 2. The van der Waals surface area contributed by atoms with E-state index in [9.17, 15) is 13.2 Å². The van der Waals surface area contributed by atoms with Crippen LogP contribution >= 0.6 is 0 Å². The van der Waals surface area contributed by atoms with Crippen LogP contribution in [0.4, 0.5) is 13.2 Å². The standard InChI is InChI=1S/C18H14F3NO2/c19-18(20,21)11-5-6-15-14(9-11)12-3-1-2-4-13(12)17(22-15)16-10-23-7-8-24-16/h1-6,9,16H,7-8,10H2. The highest BCUT2D eigenvalue weighted by Gasteiger charge is 2.31. The third-order valence-corrected chi connectivity index (χ3v) is 4.18. The fourth-order valence-corrected chi connectivity index (χ4v) is 3.05. The van der Waals surface area contributed by atoms with Gasteiger partial charge in [-0.05, 0) is 23.6 Å². The molecule has 0 aliphatic carbocycles. The fourth-order valence-electron chi connectivity index (χ4n) is 3.05. The minimum Gasteiger partial charge on any atom is -0.376 e. The largest absolute Gasteiger partial charge is 0.416 e. The van der Waals surface area contributed by atoms with E-state index in [0.29, 0.717) is 36.4 Å². The first-order valence-corrected chi connectivity index (χ1v) is 7.63. The number of rotatable bonds is 1. The van der Waals surface area contributed by atoms with E-state index in [1.165, 1.54) is 6.07 Å². The van der Waals surface area contributed by atoms with Crippen molar-refractivity contribution in [1.82, 2.24) is 4.98 Å². The van der Waals surface area contributed by atoms with E-state index < -0.39 is 11.7 Å². The summed E-state index contributed by atoms with van der Waals surface area (Å²) < 4.78 is 50.3. The zero-order chi connectivity index (χ0) is 16.7. The summed E-state index contributed by atoms with van der Waals surface area (Å²) in [7, 11) is 0. The Bertz CT molecular complexity index is 902. The monoisotopic (exact) mass is 333 g/mol. The molecule has 1 aromatic heterocycles. The Labute approximate surface area is 136 Å². The second kappa shape index (κ2) is 5.72. The second-order valence-corrected chi connectivity index (χ2v) is 5.71. The molecule has 1 unspecified atom stereocenters. The summed E-state index contributed by atoms with van der Waals surface area (Å²) in [5, 5.41) is 2.01. The quantitative estimate of drug-likeness (QED) is 0.615. The summed E-state index contributed by atoms with van der Waals surface area (Å²) in [6.07, 6.45) is -4.69. The molecule has 4 rings (SSSR count). The summed E-state index contributed by atoms with van der Waals surface area (Å²) >= 11 is 0. The minimum absolute atomic E-state index is 0.310. The van der Waals surface area contributed by atoms with Crippen molar-refractivity contribution in [3.8, 4) is 0 Å². The highest BCUT2D eigenvalue weighted by molar-refractivity contribution is 6.07. The maximum Gasteiger partial charge on any atom is 0.416 e. The lowest BCUT2D eigenvalue weighted by Gasteiger charge is -2.24. The van der Waals surface area contributed by atoms with Crippen molar-refractivity contribution in [3.05, 3.63) is 53.7 Å². The van der Waals surface area contributed by atoms with Crippen LogP contribution in [-0.4, -0.2) is 24.8 Å². The summed E-state index contributed by atoms with van der Waals surface area (Å²) in [5.74, 6) is 0. The summed E-state index contributed by atoms with van der Waals surface area (Å²) in [6.45, 7) is 1.41. The molecule has 1 saturated heterocycles. The Morgan fingerprint density at radius 3 is 2.46 bits per heavy atom. The SMILES string of the molecule is FC(F)(F)c1ccc2nc(C3COCCO3)c3ccccc3c2c1. The molecule has 6 heteroatoms. The number of hydrogen-bond acceptors (Lipinski definition) is 3. The summed E-state index contributed by atoms with van der Waals surface area (Å²) in [5.41, 5.74) is 0.551. The maximum atomic E-state index is 13.0. The smallest absolute Gasteiger partial charge is 0.376 e. The molecule has 3 nitrogen and oxygen atoms in total. The molecule has 2 aromatic carbocycles. The molecule has 1 aliphatic heterocycles. The van der Waals surface area contributed by atoms with Crippen LogP contribution in [0.5, 0.6) is 0 Å². The lowest BCUT2D eigenvalue weighted by atomic mass is 10.00. The number of alkyl halides is 3. The number of pyridine rings is 1.